The minimum atomic E-state index is -2.97. The molecule has 1 amide bonds. The van der Waals surface area contributed by atoms with E-state index < -0.39 is 15.4 Å². The molecule has 2 aliphatic carbocycles. The molecular weight excluding hydrogens is 262 g/mol. The number of nitrogens with one attached hydrogen (secondary N) is 1. The average molecular weight is 283 g/mol. The molecule has 0 bridgehead atoms. The monoisotopic (exact) mass is 283 g/mol. The van der Waals surface area contributed by atoms with E-state index in [1.165, 1.54) is 31.3 Å². The highest BCUT2D eigenvalue weighted by Gasteiger charge is 2.40. The van der Waals surface area contributed by atoms with Gasteiger partial charge in [-0.25, -0.2) is 8.42 Å². The summed E-state index contributed by atoms with van der Waals surface area (Å²) in [6.07, 6.45) is 7.12. The van der Waals surface area contributed by atoms with Gasteiger partial charge in [0.05, 0.1) is 17.0 Å². The molecule has 3 rings (SSSR count). The fourth-order valence-electron chi connectivity index (χ4n) is 3.00. The van der Waals surface area contributed by atoms with Gasteiger partial charge in [-0.1, -0.05) is 5.57 Å². The fourth-order valence-corrected chi connectivity index (χ4v) is 5.09. The molecule has 4 nitrogen and oxygen atoms in total. The lowest BCUT2D eigenvalue weighted by atomic mass is 10.0. The van der Waals surface area contributed by atoms with Crippen molar-refractivity contribution in [2.45, 2.75) is 44.6 Å². The van der Waals surface area contributed by atoms with E-state index in [1.54, 1.807) is 6.08 Å². The van der Waals surface area contributed by atoms with Crippen molar-refractivity contribution in [2.24, 2.45) is 11.8 Å². The summed E-state index contributed by atoms with van der Waals surface area (Å²) in [5, 5.41) is 2.91. The van der Waals surface area contributed by atoms with Crippen molar-refractivity contribution >= 4 is 15.7 Å². The van der Waals surface area contributed by atoms with Crippen LogP contribution in [0, 0.1) is 11.8 Å². The molecule has 1 aliphatic heterocycles. The van der Waals surface area contributed by atoms with E-state index in [-0.39, 0.29) is 17.4 Å². The Morgan fingerprint density at radius 3 is 2.21 bits per heavy atom. The van der Waals surface area contributed by atoms with Crippen LogP contribution in [0.5, 0.6) is 0 Å². The second kappa shape index (κ2) is 4.33. The van der Waals surface area contributed by atoms with Crippen LogP contribution in [0.25, 0.3) is 0 Å². The third-order valence-electron chi connectivity index (χ3n) is 4.32. The van der Waals surface area contributed by atoms with Crippen LogP contribution in [0.2, 0.25) is 0 Å². The first-order valence-electron chi connectivity index (χ1n) is 7.11. The molecule has 2 saturated carbocycles. The lowest BCUT2D eigenvalue weighted by Crippen LogP contribution is -2.46. The Morgan fingerprint density at radius 2 is 1.79 bits per heavy atom. The molecule has 1 N–H and O–H groups in total. The smallest absolute Gasteiger partial charge is 0.244 e. The van der Waals surface area contributed by atoms with Gasteiger partial charge >= 0.3 is 0 Å². The minimum absolute atomic E-state index is 0.0712. The van der Waals surface area contributed by atoms with Gasteiger partial charge in [0.25, 0.3) is 0 Å². The predicted molar refractivity (Wildman–Crippen MR) is 73.3 cm³/mol. The SMILES string of the molecule is C[C@]1(NC(=O)C=C(C2CC2)C2CC2)CCS(=O)(=O)C1. The number of carbonyl (C=O) groups is 1. The molecule has 1 saturated heterocycles. The van der Waals surface area contributed by atoms with Gasteiger partial charge in [-0.15, -0.1) is 0 Å². The van der Waals surface area contributed by atoms with Crippen LogP contribution >= 0.6 is 0 Å². The Balaban J connectivity index is 1.66. The third kappa shape index (κ3) is 3.19. The summed E-state index contributed by atoms with van der Waals surface area (Å²) in [6.45, 7) is 1.83. The van der Waals surface area contributed by atoms with Gasteiger partial charge in [-0.05, 0) is 50.9 Å². The highest BCUT2D eigenvalue weighted by Crippen LogP contribution is 2.48. The summed E-state index contributed by atoms with van der Waals surface area (Å²) < 4.78 is 23.0. The molecule has 5 heteroatoms. The van der Waals surface area contributed by atoms with Crippen molar-refractivity contribution in [3.8, 4) is 0 Å². The highest BCUT2D eigenvalue weighted by atomic mass is 32.2. The quantitative estimate of drug-likeness (QED) is 0.794. The van der Waals surface area contributed by atoms with Crippen molar-refractivity contribution in [3.05, 3.63) is 11.6 Å². The molecule has 0 aromatic rings. The van der Waals surface area contributed by atoms with Gasteiger partial charge in [-0.3, -0.25) is 4.79 Å². The van der Waals surface area contributed by atoms with Gasteiger partial charge in [-0.2, -0.15) is 0 Å². The molecular formula is C14H21NO3S. The predicted octanol–water partition coefficient (Wildman–Crippen LogP) is 1.43. The third-order valence-corrected chi connectivity index (χ3v) is 6.23. The molecule has 3 aliphatic rings. The van der Waals surface area contributed by atoms with Crippen LogP contribution in [0.4, 0.5) is 0 Å². The largest absolute Gasteiger partial charge is 0.346 e. The summed E-state index contributed by atoms with van der Waals surface area (Å²) >= 11 is 0. The number of allylic oxidation sites excluding steroid dienone is 1. The second-order valence-electron chi connectivity index (χ2n) is 6.58. The molecule has 1 heterocycles. The number of amides is 1. The molecule has 0 radical (unpaired) electrons. The molecule has 106 valence electrons. The molecule has 0 unspecified atom stereocenters. The summed E-state index contributed by atoms with van der Waals surface area (Å²) in [7, 11) is -2.97. The summed E-state index contributed by atoms with van der Waals surface area (Å²) in [6, 6.07) is 0. The van der Waals surface area contributed by atoms with E-state index in [4.69, 9.17) is 0 Å². The Bertz CT molecular complexity index is 515. The van der Waals surface area contributed by atoms with Gasteiger partial charge < -0.3 is 5.32 Å². The van der Waals surface area contributed by atoms with Gasteiger partial charge in [0.15, 0.2) is 9.84 Å². The molecule has 1 atom stereocenters. The number of hydrogen-bond donors (Lipinski definition) is 1. The minimum Gasteiger partial charge on any atom is -0.346 e. The number of sulfone groups is 1. The fraction of sp³-hybridized carbons (Fsp3) is 0.786. The Kier molecular flexibility index (Phi) is 3.00. The van der Waals surface area contributed by atoms with Gasteiger partial charge in [0, 0.05) is 6.08 Å². The Morgan fingerprint density at radius 1 is 1.21 bits per heavy atom. The van der Waals surface area contributed by atoms with Crippen LogP contribution in [-0.4, -0.2) is 31.4 Å². The maximum Gasteiger partial charge on any atom is 0.244 e. The van der Waals surface area contributed by atoms with E-state index in [2.05, 4.69) is 5.32 Å². The molecule has 0 aromatic carbocycles. The van der Waals surface area contributed by atoms with Crippen molar-refractivity contribution in [1.82, 2.24) is 5.32 Å². The van der Waals surface area contributed by atoms with E-state index in [0.717, 1.165) is 0 Å². The standard InChI is InChI=1S/C14H21NO3S/c1-14(6-7-19(17,18)9-14)15-13(16)8-12(10-2-3-10)11-4-5-11/h8,10-11H,2-7,9H2,1H3,(H,15,16)/t14-/m0/s1. The number of carbonyl (C=O) groups excluding carboxylic acids is 1. The first kappa shape index (κ1) is 13.2. The molecule has 0 aromatic heterocycles. The van der Waals surface area contributed by atoms with Crippen LogP contribution < -0.4 is 5.32 Å². The zero-order valence-corrected chi connectivity index (χ0v) is 12.1. The molecule has 0 spiro atoms. The maximum absolute atomic E-state index is 12.1. The summed E-state index contributed by atoms with van der Waals surface area (Å²) in [5.74, 6) is 1.40. The van der Waals surface area contributed by atoms with Crippen LogP contribution in [0.15, 0.2) is 11.6 Å². The van der Waals surface area contributed by atoms with Crippen LogP contribution in [0.1, 0.15) is 39.0 Å². The average Bonchev–Trinajstić information content (AvgIpc) is 3.15. The lowest BCUT2D eigenvalue weighted by molar-refractivity contribution is -0.118. The normalized spacial score (nSPS) is 32.9. The van der Waals surface area contributed by atoms with Crippen molar-refractivity contribution in [3.63, 3.8) is 0 Å². The lowest BCUT2D eigenvalue weighted by Gasteiger charge is -2.23. The van der Waals surface area contributed by atoms with Gasteiger partial charge in [0.1, 0.15) is 0 Å². The Labute approximate surface area is 114 Å². The highest BCUT2D eigenvalue weighted by molar-refractivity contribution is 7.91. The summed E-state index contributed by atoms with van der Waals surface area (Å²) in [4.78, 5) is 12.1. The summed E-state index contributed by atoms with van der Waals surface area (Å²) in [5.41, 5.74) is 0.729. The van der Waals surface area contributed by atoms with E-state index in [9.17, 15) is 13.2 Å². The van der Waals surface area contributed by atoms with E-state index >= 15 is 0 Å². The van der Waals surface area contributed by atoms with Crippen molar-refractivity contribution < 1.29 is 13.2 Å². The topological polar surface area (TPSA) is 63.2 Å². The van der Waals surface area contributed by atoms with E-state index in [1.807, 2.05) is 6.92 Å². The van der Waals surface area contributed by atoms with Gasteiger partial charge in [0.2, 0.25) is 5.91 Å². The van der Waals surface area contributed by atoms with Crippen LogP contribution in [-0.2, 0) is 14.6 Å². The number of rotatable bonds is 4. The van der Waals surface area contributed by atoms with Crippen molar-refractivity contribution in [2.75, 3.05) is 11.5 Å². The van der Waals surface area contributed by atoms with E-state index in [0.29, 0.717) is 18.3 Å². The zero-order chi connectivity index (χ0) is 13.7. The molecule has 19 heavy (non-hydrogen) atoms. The maximum atomic E-state index is 12.1. The second-order valence-corrected chi connectivity index (χ2v) is 8.77. The first-order chi connectivity index (χ1) is 8.87. The van der Waals surface area contributed by atoms with Crippen LogP contribution in [0.3, 0.4) is 0 Å². The first-order valence-corrected chi connectivity index (χ1v) is 8.93. The Hall–Kier alpha value is -0.840. The molecule has 3 fully saturated rings. The van der Waals surface area contributed by atoms with Crippen molar-refractivity contribution in [1.29, 1.82) is 0 Å². The zero-order valence-electron chi connectivity index (χ0n) is 11.3. The number of hydrogen-bond acceptors (Lipinski definition) is 3.